The van der Waals surface area contributed by atoms with E-state index in [1.165, 1.54) is 161 Å². The van der Waals surface area contributed by atoms with Crippen LogP contribution in [0.25, 0.3) is 0 Å². The Hall–Kier alpha value is -2.89. The van der Waals surface area contributed by atoms with E-state index in [2.05, 4.69) is 81.5 Å². The summed E-state index contributed by atoms with van der Waals surface area (Å²) in [6.07, 6.45) is 63.7. The van der Waals surface area contributed by atoms with Crippen LogP contribution in [0, 0.1) is 0 Å². The Labute approximate surface area is 390 Å². The van der Waals surface area contributed by atoms with Gasteiger partial charge in [0.15, 0.2) is 6.10 Å². The summed E-state index contributed by atoms with van der Waals surface area (Å²) >= 11 is 0. The van der Waals surface area contributed by atoms with E-state index in [0.717, 1.165) is 51.4 Å². The monoisotopic (exact) mass is 881 g/mol. The second kappa shape index (κ2) is 51.7. The first-order valence-electron chi connectivity index (χ1n) is 26.8. The van der Waals surface area contributed by atoms with Crippen LogP contribution in [0.3, 0.4) is 0 Å². The second-order valence-electron chi connectivity index (χ2n) is 17.8. The number of ether oxygens (including phenoxy) is 3. The fourth-order valence-electron chi connectivity index (χ4n) is 7.40. The van der Waals surface area contributed by atoms with Gasteiger partial charge in [-0.1, -0.05) is 210 Å². The largest absolute Gasteiger partial charge is 0.462 e. The average molecular weight is 881 g/mol. The molecule has 0 aromatic heterocycles. The molecule has 364 valence electrons. The summed E-state index contributed by atoms with van der Waals surface area (Å²) in [5, 5.41) is 0. The Kier molecular flexibility index (Phi) is 49.4. The van der Waals surface area contributed by atoms with Gasteiger partial charge in [-0.3, -0.25) is 14.4 Å². The molecule has 0 rings (SSSR count). The fourth-order valence-corrected chi connectivity index (χ4v) is 7.40. The van der Waals surface area contributed by atoms with Gasteiger partial charge in [-0.15, -0.1) is 0 Å². The first-order chi connectivity index (χ1) is 31.0. The third-order valence-corrected chi connectivity index (χ3v) is 11.5. The molecule has 0 bridgehead atoms. The molecule has 63 heavy (non-hydrogen) atoms. The van der Waals surface area contributed by atoms with Crippen LogP contribution >= 0.6 is 0 Å². The van der Waals surface area contributed by atoms with Gasteiger partial charge in [-0.25, -0.2) is 0 Å². The Morgan fingerprint density at radius 2 is 0.587 bits per heavy atom. The minimum atomic E-state index is -0.811. The topological polar surface area (TPSA) is 78.9 Å². The summed E-state index contributed by atoms with van der Waals surface area (Å²) in [6.45, 7) is 6.53. The molecule has 0 aliphatic rings. The molecule has 0 radical (unpaired) electrons. The third kappa shape index (κ3) is 50.0. The summed E-state index contributed by atoms with van der Waals surface area (Å²) in [7, 11) is 0. The Morgan fingerprint density at radius 1 is 0.317 bits per heavy atom. The van der Waals surface area contributed by atoms with E-state index in [-0.39, 0.29) is 37.5 Å². The van der Waals surface area contributed by atoms with E-state index in [4.69, 9.17) is 14.2 Å². The molecule has 0 saturated carbocycles. The van der Waals surface area contributed by atoms with Crippen LogP contribution < -0.4 is 0 Å². The number of esters is 3. The molecular weight excluding hydrogens is 781 g/mol. The van der Waals surface area contributed by atoms with Gasteiger partial charge in [0.1, 0.15) is 13.2 Å². The van der Waals surface area contributed by atoms with Gasteiger partial charge in [0.05, 0.1) is 0 Å². The molecule has 6 heteroatoms. The van der Waals surface area contributed by atoms with Crippen molar-refractivity contribution >= 4 is 17.9 Å². The fraction of sp³-hybridized carbons (Fsp3) is 0.772. The van der Waals surface area contributed by atoms with E-state index in [9.17, 15) is 14.4 Å². The van der Waals surface area contributed by atoms with Crippen molar-refractivity contribution in [3.05, 3.63) is 60.8 Å². The lowest BCUT2D eigenvalue weighted by Crippen LogP contribution is -2.30. The highest BCUT2D eigenvalue weighted by molar-refractivity contribution is 5.71. The van der Waals surface area contributed by atoms with Crippen molar-refractivity contribution in [1.29, 1.82) is 0 Å². The molecule has 0 aromatic carbocycles. The number of rotatable bonds is 48. The van der Waals surface area contributed by atoms with Gasteiger partial charge >= 0.3 is 17.9 Å². The van der Waals surface area contributed by atoms with Gasteiger partial charge < -0.3 is 14.2 Å². The molecular formula is C57H100O6. The van der Waals surface area contributed by atoms with Gasteiger partial charge in [0, 0.05) is 19.3 Å². The Bertz CT molecular complexity index is 1150. The molecule has 1 atom stereocenters. The molecule has 0 heterocycles. The van der Waals surface area contributed by atoms with Crippen molar-refractivity contribution < 1.29 is 28.6 Å². The van der Waals surface area contributed by atoms with E-state index < -0.39 is 6.10 Å². The van der Waals surface area contributed by atoms with Crippen LogP contribution in [0.2, 0.25) is 0 Å². The molecule has 0 saturated heterocycles. The highest BCUT2D eigenvalue weighted by Gasteiger charge is 2.19. The van der Waals surface area contributed by atoms with Crippen molar-refractivity contribution in [2.75, 3.05) is 13.2 Å². The summed E-state index contributed by atoms with van der Waals surface area (Å²) in [5.41, 5.74) is 0. The van der Waals surface area contributed by atoms with Gasteiger partial charge in [0.2, 0.25) is 0 Å². The predicted molar refractivity (Wildman–Crippen MR) is 270 cm³/mol. The molecule has 0 fully saturated rings. The summed E-state index contributed by atoms with van der Waals surface area (Å²) in [6, 6.07) is 0. The smallest absolute Gasteiger partial charge is 0.306 e. The zero-order chi connectivity index (χ0) is 45.8. The Morgan fingerprint density at radius 3 is 0.984 bits per heavy atom. The highest BCUT2D eigenvalue weighted by Crippen LogP contribution is 2.14. The first kappa shape index (κ1) is 60.1. The normalized spacial score (nSPS) is 12.5. The summed E-state index contributed by atoms with van der Waals surface area (Å²) < 4.78 is 16.7. The van der Waals surface area contributed by atoms with Crippen LogP contribution in [0.4, 0.5) is 0 Å². The number of carbonyl (C=O) groups is 3. The zero-order valence-corrected chi connectivity index (χ0v) is 41.6. The third-order valence-electron chi connectivity index (χ3n) is 11.5. The highest BCUT2D eigenvalue weighted by atomic mass is 16.6. The number of unbranched alkanes of at least 4 members (excludes halogenated alkanes) is 27. The summed E-state index contributed by atoms with van der Waals surface area (Å²) in [4.78, 5) is 37.9. The van der Waals surface area contributed by atoms with Gasteiger partial charge in [0.25, 0.3) is 0 Å². The maximum atomic E-state index is 12.8. The maximum Gasteiger partial charge on any atom is 0.306 e. The lowest BCUT2D eigenvalue weighted by Gasteiger charge is -2.18. The molecule has 0 spiro atoms. The van der Waals surface area contributed by atoms with Crippen molar-refractivity contribution in [3.63, 3.8) is 0 Å². The van der Waals surface area contributed by atoms with Crippen molar-refractivity contribution in [3.8, 4) is 0 Å². The minimum absolute atomic E-state index is 0.104. The minimum Gasteiger partial charge on any atom is -0.462 e. The first-order valence-corrected chi connectivity index (χ1v) is 26.8. The molecule has 0 aromatic rings. The van der Waals surface area contributed by atoms with Crippen LogP contribution in [-0.4, -0.2) is 37.2 Å². The van der Waals surface area contributed by atoms with Crippen LogP contribution in [0.1, 0.15) is 265 Å². The van der Waals surface area contributed by atoms with Crippen molar-refractivity contribution in [2.24, 2.45) is 0 Å². The maximum absolute atomic E-state index is 12.8. The predicted octanol–water partition coefficient (Wildman–Crippen LogP) is 17.6. The van der Waals surface area contributed by atoms with E-state index in [1.807, 2.05) is 0 Å². The number of carbonyl (C=O) groups excluding carboxylic acids is 3. The molecule has 0 aliphatic heterocycles. The lowest BCUT2D eigenvalue weighted by atomic mass is 10.1. The van der Waals surface area contributed by atoms with E-state index in [1.54, 1.807) is 0 Å². The molecule has 6 nitrogen and oxygen atoms in total. The molecule has 0 N–H and O–H groups in total. The quantitative estimate of drug-likeness (QED) is 0.0262. The Balaban J connectivity index is 4.39. The van der Waals surface area contributed by atoms with Gasteiger partial charge in [-0.2, -0.15) is 0 Å². The number of hydrogen-bond acceptors (Lipinski definition) is 6. The lowest BCUT2D eigenvalue weighted by molar-refractivity contribution is -0.167. The second-order valence-corrected chi connectivity index (χ2v) is 17.8. The number of allylic oxidation sites excluding steroid dienone is 10. The van der Waals surface area contributed by atoms with Crippen molar-refractivity contribution in [2.45, 2.75) is 271 Å². The standard InChI is InChI=1S/C57H100O6/c1-4-7-10-13-16-19-21-23-25-27-28-30-31-33-35-38-41-44-47-50-56(59)62-53-54(52-61-55(58)49-46-43-40-37-18-15-12-9-6-3)63-57(60)51-48-45-42-39-36-34-32-29-26-24-22-20-17-14-11-8-5-2/h24,26-28,32,34,37,39-40,42,54H,4-23,25,29-31,33,35-36,38,41,43-53H2,1-3H3/b26-24-,28-27-,34-32-,40-37-,42-39-. The summed E-state index contributed by atoms with van der Waals surface area (Å²) in [5.74, 6) is -0.995. The number of hydrogen-bond donors (Lipinski definition) is 0. The van der Waals surface area contributed by atoms with Crippen molar-refractivity contribution in [1.82, 2.24) is 0 Å². The SMILES string of the molecule is CCCCCC/C=C\CCCC(=O)OCC(COC(=O)CCCCCCCCC/C=C\CCCCCCCCCC)OC(=O)CCC/C=C\C/C=C\C/C=C\CCCCCCCC. The van der Waals surface area contributed by atoms with E-state index >= 15 is 0 Å². The van der Waals surface area contributed by atoms with Crippen LogP contribution in [-0.2, 0) is 28.6 Å². The van der Waals surface area contributed by atoms with Gasteiger partial charge in [-0.05, 0) is 96.3 Å². The zero-order valence-electron chi connectivity index (χ0n) is 41.6. The molecule has 0 amide bonds. The van der Waals surface area contributed by atoms with Crippen LogP contribution in [0.15, 0.2) is 60.8 Å². The molecule has 0 aliphatic carbocycles. The van der Waals surface area contributed by atoms with E-state index in [0.29, 0.717) is 25.7 Å². The average Bonchev–Trinajstić information content (AvgIpc) is 3.28. The van der Waals surface area contributed by atoms with Crippen LogP contribution in [0.5, 0.6) is 0 Å². The molecule has 1 unspecified atom stereocenters.